The number of aromatic nitrogens is 4. The van der Waals surface area contributed by atoms with Crippen LogP contribution in [-0.2, 0) is 6.42 Å². The molecule has 0 fully saturated rings. The predicted octanol–water partition coefficient (Wildman–Crippen LogP) is 5.24. The molecule has 2 N–H and O–H groups in total. The number of ether oxygens (including phenoxy) is 1. The normalized spacial score (nSPS) is 11.0. The number of nitrogens with one attached hydrogen (secondary N) is 2. The molecule has 0 unspecified atom stereocenters. The highest BCUT2D eigenvalue weighted by Gasteiger charge is 2.19. The Balaban J connectivity index is 1.45. The number of fused-ring (bicyclic) bond motifs is 1. The maximum absolute atomic E-state index is 11.5. The Hall–Kier alpha value is -4.46. The summed E-state index contributed by atoms with van der Waals surface area (Å²) in [4.78, 5) is 18.7. The van der Waals surface area contributed by atoms with Gasteiger partial charge in [0.15, 0.2) is 5.82 Å². The lowest BCUT2D eigenvalue weighted by atomic mass is 10.1. The highest BCUT2D eigenvalue weighted by Crippen LogP contribution is 2.35. The minimum absolute atomic E-state index is 0.127. The van der Waals surface area contributed by atoms with E-state index in [9.17, 15) is 10.1 Å². The van der Waals surface area contributed by atoms with E-state index in [-0.39, 0.29) is 11.4 Å². The smallest absolute Gasteiger partial charge is 0.311 e. The summed E-state index contributed by atoms with van der Waals surface area (Å²) in [6.45, 7) is 0. The molecular weight excluding hydrogens is 394 g/mol. The summed E-state index contributed by atoms with van der Waals surface area (Å²) in [6.07, 6.45) is 2.44. The van der Waals surface area contributed by atoms with E-state index < -0.39 is 4.92 Å². The lowest BCUT2D eigenvalue weighted by Gasteiger charge is -2.08. The number of rotatable bonds is 6. The van der Waals surface area contributed by atoms with E-state index in [1.807, 2.05) is 54.7 Å². The van der Waals surface area contributed by atoms with Gasteiger partial charge < -0.3 is 9.72 Å². The number of H-pyrrole nitrogens is 2. The predicted molar refractivity (Wildman–Crippen MR) is 116 cm³/mol. The summed E-state index contributed by atoms with van der Waals surface area (Å²) in [5.41, 5.74) is 2.57. The molecule has 5 aromatic rings. The fraction of sp³-hybridized carbons (Fsp3) is 0.0435. The Bertz CT molecular complexity index is 1370. The second-order valence-corrected chi connectivity index (χ2v) is 7.04. The van der Waals surface area contributed by atoms with Crippen LogP contribution in [0, 0.1) is 10.1 Å². The molecule has 3 aromatic carbocycles. The second-order valence-electron chi connectivity index (χ2n) is 7.04. The molecule has 152 valence electrons. The van der Waals surface area contributed by atoms with Crippen LogP contribution in [-0.4, -0.2) is 25.1 Å². The zero-order valence-corrected chi connectivity index (χ0v) is 16.3. The first-order valence-electron chi connectivity index (χ1n) is 9.65. The zero-order valence-electron chi connectivity index (χ0n) is 16.3. The van der Waals surface area contributed by atoms with E-state index >= 15 is 0 Å². The SMILES string of the molecule is O=[N+]([O-])c1ccc(-c2n[nH]c(Cc3ccccc3)n2)cc1Oc1ccc2[nH]ccc2c1. The molecule has 0 radical (unpaired) electrons. The van der Waals surface area contributed by atoms with E-state index in [1.54, 1.807) is 18.2 Å². The van der Waals surface area contributed by atoms with E-state index in [0.29, 0.717) is 29.4 Å². The van der Waals surface area contributed by atoms with Gasteiger partial charge in [-0.25, -0.2) is 4.98 Å². The summed E-state index contributed by atoms with van der Waals surface area (Å²) < 4.78 is 5.89. The molecule has 8 nitrogen and oxygen atoms in total. The number of benzene rings is 3. The van der Waals surface area contributed by atoms with Crippen LogP contribution in [0.1, 0.15) is 11.4 Å². The number of nitro benzene ring substituents is 1. The number of aromatic amines is 2. The van der Waals surface area contributed by atoms with Crippen molar-refractivity contribution >= 4 is 16.6 Å². The molecule has 0 aliphatic rings. The Morgan fingerprint density at radius 3 is 2.71 bits per heavy atom. The lowest BCUT2D eigenvalue weighted by Crippen LogP contribution is -1.95. The Labute approximate surface area is 176 Å². The van der Waals surface area contributed by atoms with E-state index in [1.165, 1.54) is 6.07 Å². The van der Waals surface area contributed by atoms with Crippen molar-refractivity contribution in [1.29, 1.82) is 0 Å². The third-order valence-corrected chi connectivity index (χ3v) is 4.91. The molecule has 31 heavy (non-hydrogen) atoms. The summed E-state index contributed by atoms with van der Waals surface area (Å²) in [6, 6.07) is 21.9. The van der Waals surface area contributed by atoms with Crippen LogP contribution in [0.25, 0.3) is 22.3 Å². The fourth-order valence-corrected chi connectivity index (χ4v) is 3.40. The largest absolute Gasteiger partial charge is 0.450 e. The number of nitro groups is 1. The van der Waals surface area contributed by atoms with Gasteiger partial charge in [-0.15, -0.1) is 0 Å². The highest BCUT2D eigenvalue weighted by molar-refractivity contribution is 5.81. The summed E-state index contributed by atoms with van der Waals surface area (Å²) >= 11 is 0. The zero-order chi connectivity index (χ0) is 21.2. The molecular formula is C23H17N5O3. The lowest BCUT2D eigenvalue weighted by molar-refractivity contribution is -0.385. The van der Waals surface area contributed by atoms with Gasteiger partial charge in [-0.05, 0) is 42.0 Å². The van der Waals surface area contributed by atoms with Gasteiger partial charge in [0.25, 0.3) is 0 Å². The van der Waals surface area contributed by atoms with Crippen molar-refractivity contribution in [1.82, 2.24) is 20.2 Å². The summed E-state index contributed by atoms with van der Waals surface area (Å²) in [5.74, 6) is 1.80. The maximum atomic E-state index is 11.5. The molecule has 0 amide bonds. The van der Waals surface area contributed by atoms with Gasteiger partial charge in [-0.1, -0.05) is 30.3 Å². The quantitative estimate of drug-likeness (QED) is 0.293. The maximum Gasteiger partial charge on any atom is 0.311 e. The van der Waals surface area contributed by atoms with Crippen molar-refractivity contribution in [3.05, 3.63) is 100 Å². The van der Waals surface area contributed by atoms with Crippen LogP contribution in [0.2, 0.25) is 0 Å². The average Bonchev–Trinajstić information content (AvgIpc) is 3.43. The molecule has 2 aromatic heterocycles. The minimum Gasteiger partial charge on any atom is -0.450 e. The standard InChI is InChI=1S/C23H17N5O3/c29-28(30)20-9-6-17(23-25-22(26-27-23)12-15-4-2-1-3-5-15)14-21(20)31-18-7-8-19-16(13-18)10-11-24-19/h1-11,13-14,24H,12H2,(H,25,26,27). The Morgan fingerprint density at radius 2 is 1.87 bits per heavy atom. The fourth-order valence-electron chi connectivity index (χ4n) is 3.40. The molecule has 0 aliphatic carbocycles. The minimum atomic E-state index is -0.466. The topological polar surface area (TPSA) is 110 Å². The van der Waals surface area contributed by atoms with Gasteiger partial charge in [0.1, 0.15) is 11.6 Å². The van der Waals surface area contributed by atoms with Crippen molar-refractivity contribution in [3.63, 3.8) is 0 Å². The van der Waals surface area contributed by atoms with E-state index in [4.69, 9.17) is 4.74 Å². The van der Waals surface area contributed by atoms with Crippen LogP contribution in [0.5, 0.6) is 11.5 Å². The molecule has 5 rings (SSSR count). The third-order valence-electron chi connectivity index (χ3n) is 4.91. The molecule has 0 aliphatic heterocycles. The Morgan fingerprint density at radius 1 is 1.00 bits per heavy atom. The second kappa shape index (κ2) is 7.75. The van der Waals surface area contributed by atoms with Gasteiger partial charge in [-0.3, -0.25) is 15.2 Å². The molecule has 0 saturated heterocycles. The van der Waals surface area contributed by atoms with Gasteiger partial charge in [0.2, 0.25) is 5.75 Å². The highest BCUT2D eigenvalue weighted by atomic mass is 16.6. The Kier molecular flexibility index (Phi) is 4.64. The van der Waals surface area contributed by atoms with Crippen LogP contribution >= 0.6 is 0 Å². The van der Waals surface area contributed by atoms with Crippen molar-refractivity contribution in [3.8, 4) is 22.9 Å². The number of hydrogen-bond donors (Lipinski definition) is 2. The van der Waals surface area contributed by atoms with Crippen LogP contribution in [0.4, 0.5) is 5.69 Å². The van der Waals surface area contributed by atoms with E-state index in [0.717, 1.165) is 16.5 Å². The molecule has 0 spiro atoms. The van der Waals surface area contributed by atoms with Crippen LogP contribution < -0.4 is 4.74 Å². The first kappa shape index (κ1) is 18.6. The monoisotopic (exact) mass is 411 g/mol. The van der Waals surface area contributed by atoms with Gasteiger partial charge >= 0.3 is 5.69 Å². The third kappa shape index (κ3) is 3.86. The number of nitrogens with zero attached hydrogens (tertiary/aromatic N) is 3. The summed E-state index contributed by atoms with van der Waals surface area (Å²) in [5, 5.41) is 19.7. The molecule has 0 saturated carbocycles. The molecule has 8 heteroatoms. The van der Waals surface area contributed by atoms with Gasteiger partial charge in [-0.2, -0.15) is 5.10 Å². The molecule has 0 bridgehead atoms. The molecule has 2 heterocycles. The van der Waals surface area contributed by atoms with Crippen molar-refractivity contribution in [2.75, 3.05) is 0 Å². The van der Waals surface area contributed by atoms with Crippen LogP contribution in [0.3, 0.4) is 0 Å². The number of hydrogen-bond acceptors (Lipinski definition) is 5. The van der Waals surface area contributed by atoms with Gasteiger partial charge in [0.05, 0.1) is 4.92 Å². The van der Waals surface area contributed by atoms with E-state index in [2.05, 4.69) is 20.2 Å². The van der Waals surface area contributed by atoms with Gasteiger partial charge in [0, 0.05) is 35.2 Å². The van der Waals surface area contributed by atoms with Crippen molar-refractivity contribution in [2.45, 2.75) is 6.42 Å². The molecule has 0 atom stereocenters. The first-order chi connectivity index (χ1) is 15.2. The van der Waals surface area contributed by atoms with Crippen LogP contribution in [0.15, 0.2) is 79.0 Å². The first-order valence-corrected chi connectivity index (χ1v) is 9.65. The average molecular weight is 411 g/mol. The van der Waals surface area contributed by atoms with Crippen molar-refractivity contribution < 1.29 is 9.66 Å². The summed E-state index contributed by atoms with van der Waals surface area (Å²) in [7, 11) is 0. The van der Waals surface area contributed by atoms with Crippen molar-refractivity contribution in [2.24, 2.45) is 0 Å².